The van der Waals surface area contributed by atoms with Gasteiger partial charge in [0.15, 0.2) is 21.4 Å². The van der Waals surface area contributed by atoms with E-state index in [1.165, 1.54) is 42.1 Å². The molecule has 0 spiro atoms. The van der Waals surface area contributed by atoms with Crippen LogP contribution in [0.4, 0.5) is 8.78 Å². The van der Waals surface area contributed by atoms with Crippen molar-refractivity contribution in [2.75, 3.05) is 12.9 Å². The summed E-state index contributed by atoms with van der Waals surface area (Å²) in [6.45, 7) is 1.76. The Morgan fingerprint density at radius 3 is 2.43 bits per heavy atom. The van der Waals surface area contributed by atoms with E-state index in [1.807, 2.05) is 0 Å². The zero-order chi connectivity index (χ0) is 25.5. The highest BCUT2D eigenvalue weighted by atomic mass is 32.2. The van der Waals surface area contributed by atoms with E-state index in [1.54, 1.807) is 6.92 Å². The second-order valence-electron chi connectivity index (χ2n) is 7.76. The van der Waals surface area contributed by atoms with Gasteiger partial charge in [-0.1, -0.05) is 0 Å². The molecule has 4 aromatic rings. The number of H-pyrrole nitrogens is 1. The van der Waals surface area contributed by atoms with Gasteiger partial charge in [-0.25, -0.2) is 22.0 Å². The lowest BCUT2D eigenvalue weighted by atomic mass is 10.0. The van der Waals surface area contributed by atoms with E-state index in [4.69, 9.17) is 9.47 Å². The number of carbonyl (C=O) groups is 1. The number of benzene rings is 2. The van der Waals surface area contributed by atoms with E-state index in [9.17, 15) is 26.8 Å². The first kappa shape index (κ1) is 24.1. The largest absolute Gasteiger partial charge is 0.461 e. The highest BCUT2D eigenvalue weighted by Gasteiger charge is 2.21. The van der Waals surface area contributed by atoms with Crippen molar-refractivity contribution >= 4 is 26.7 Å². The lowest BCUT2D eigenvalue weighted by Crippen LogP contribution is -2.17. The zero-order valence-electron chi connectivity index (χ0n) is 18.9. The third-order valence-corrected chi connectivity index (χ3v) is 6.35. The molecule has 0 amide bonds. The molecule has 1 N–H and O–H groups in total. The Kier molecular flexibility index (Phi) is 6.20. The minimum atomic E-state index is -3.65. The fraction of sp³-hybridized carbons (Fsp3) is 0.167. The van der Waals surface area contributed by atoms with Gasteiger partial charge in [-0.2, -0.15) is 0 Å². The van der Waals surface area contributed by atoms with Crippen molar-refractivity contribution in [3.05, 3.63) is 76.3 Å². The molecule has 2 heterocycles. The van der Waals surface area contributed by atoms with E-state index in [2.05, 4.69) is 4.98 Å². The number of aromatic nitrogens is 2. The molecule has 0 saturated heterocycles. The van der Waals surface area contributed by atoms with Crippen molar-refractivity contribution in [1.29, 1.82) is 0 Å². The zero-order valence-corrected chi connectivity index (χ0v) is 19.7. The molecule has 0 fully saturated rings. The van der Waals surface area contributed by atoms with Crippen molar-refractivity contribution in [3.63, 3.8) is 0 Å². The minimum absolute atomic E-state index is 0.0257. The maximum absolute atomic E-state index is 14.3. The summed E-state index contributed by atoms with van der Waals surface area (Å²) in [7, 11) is -2.17. The number of ether oxygens (including phenoxy) is 2. The molecule has 0 saturated carbocycles. The molecule has 8 nitrogen and oxygen atoms in total. The van der Waals surface area contributed by atoms with Crippen molar-refractivity contribution < 1.29 is 31.5 Å². The number of fused-ring (bicyclic) bond motifs is 1. The average Bonchev–Trinajstić information content (AvgIpc) is 3.24. The van der Waals surface area contributed by atoms with E-state index < -0.39 is 33.0 Å². The first-order chi connectivity index (χ1) is 16.5. The number of nitrogens with zero attached hydrogens (tertiary/aromatic N) is 1. The van der Waals surface area contributed by atoms with Crippen LogP contribution in [0.5, 0.6) is 11.5 Å². The van der Waals surface area contributed by atoms with Crippen LogP contribution >= 0.6 is 0 Å². The minimum Gasteiger partial charge on any atom is -0.461 e. The maximum Gasteiger partial charge on any atom is 0.354 e. The van der Waals surface area contributed by atoms with E-state index in [0.717, 1.165) is 18.4 Å². The molecule has 0 unspecified atom stereocenters. The topological polar surface area (TPSA) is 107 Å². The van der Waals surface area contributed by atoms with Gasteiger partial charge in [0.2, 0.25) is 0 Å². The second-order valence-corrected chi connectivity index (χ2v) is 9.77. The van der Waals surface area contributed by atoms with Crippen LogP contribution < -0.4 is 10.3 Å². The third kappa shape index (κ3) is 4.67. The number of pyridine rings is 1. The highest BCUT2D eigenvalue weighted by molar-refractivity contribution is 7.90. The molecule has 182 valence electrons. The Bertz CT molecular complexity index is 1640. The van der Waals surface area contributed by atoms with Gasteiger partial charge < -0.3 is 19.0 Å². The summed E-state index contributed by atoms with van der Waals surface area (Å²) in [5.74, 6) is -2.67. The Morgan fingerprint density at radius 2 is 1.77 bits per heavy atom. The van der Waals surface area contributed by atoms with Gasteiger partial charge in [0.1, 0.15) is 22.8 Å². The van der Waals surface area contributed by atoms with Crippen LogP contribution in [-0.4, -0.2) is 36.8 Å². The summed E-state index contributed by atoms with van der Waals surface area (Å²) in [6.07, 6.45) is 2.47. The smallest absolute Gasteiger partial charge is 0.354 e. The van der Waals surface area contributed by atoms with E-state index in [0.29, 0.717) is 17.0 Å². The van der Waals surface area contributed by atoms with Crippen molar-refractivity contribution in [2.24, 2.45) is 7.05 Å². The number of rotatable bonds is 6. The molecule has 0 aliphatic heterocycles. The number of esters is 1. The van der Waals surface area contributed by atoms with Crippen molar-refractivity contribution in [1.82, 2.24) is 9.55 Å². The number of carbonyl (C=O) groups excluding carboxylic acids is 1. The second kappa shape index (κ2) is 8.99. The van der Waals surface area contributed by atoms with Gasteiger partial charge in [-0.05, 0) is 43.3 Å². The van der Waals surface area contributed by atoms with Crippen molar-refractivity contribution in [3.8, 4) is 22.6 Å². The van der Waals surface area contributed by atoms with Crippen LogP contribution in [0, 0.1) is 11.6 Å². The predicted octanol–water partition coefficient (Wildman–Crippen LogP) is 4.18. The van der Waals surface area contributed by atoms with Crippen molar-refractivity contribution in [2.45, 2.75) is 11.8 Å². The SMILES string of the molecule is CCOC(=O)c1cc2c(-c3cc(S(C)(=O)=O)ccc3Oc3ccc(F)cc3F)cn(C)c(=O)c2[nH]1. The van der Waals surface area contributed by atoms with Gasteiger partial charge in [0, 0.05) is 42.1 Å². The van der Waals surface area contributed by atoms with Gasteiger partial charge in [-0.3, -0.25) is 4.79 Å². The van der Waals surface area contributed by atoms with Crippen LogP contribution in [0.15, 0.2) is 58.4 Å². The molecular weight excluding hydrogens is 482 g/mol. The quantitative estimate of drug-likeness (QED) is 0.397. The van der Waals surface area contributed by atoms with E-state index in [-0.39, 0.29) is 39.8 Å². The Morgan fingerprint density at radius 1 is 1.06 bits per heavy atom. The van der Waals surface area contributed by atoms with Gasteiger partial charge in [0.25, 0.3) is 5.56 Å². The molecule has 0 radical (unpaired) electrons. The first-order valence-corrected chi connectivity index (χ1v) is 12.3. The summed E-state index contributed by atoms with van der Waals surface area (Å²) in [4.78, 5) is 27.7. The molecule has 0 aliphatic carbocycles. The fourth-order valence-corrected chi connectivity index (χ4v) is 4.23. The Hall–Kier alpha value is -3.99. The van der Waals surface area contributed by atoms with Crippen LogP contribution in [0.2, 0.25) is 0 Å². The monoisotopic (exact) mass is 502 g/mol. The molecule has 2 aromatic heterocycles. The molecular formula is C24H20F2N2O6S. The predicted molar refractivity (Wildman–Crippen MR) is 124 cm³/mol. The van der Waals surface area contributed by atoms with E-state index >= 15 is 0 Å². The van der Waals surface area contributed by atoms with Crippen LogP contribution in [0.1, 0.15) is 17.4 Å². The summed E-state index contributed by atoms with van der Waals surface area (Å²) in [6, 6.07) is 8.14. The van der Waals surface area contributed by atoms with Crippen LogP contribution in [0.3, 0.4) is 0 Å². The first-order valence-electron chi connectivity index (χ1n) is 10.4. The molecule has 4 rings (SSSR count). The molecule has 0 aliphatic rings. The fourth-order valence-electron chi connectivity index (χ4n) is 3.58. The molecule has 0 atom stereocenters. The van der Waals surface area contributed by atoms with Gasteiger partial charge in [-0.15, -0.1) is 0 Å². The maximum atomic E-state index is 14.3. The third-order valence-electron chi connectivity index (χ3n) is 5.24. The number of sulfone groups is 1. The summed E-state index contributed by atoms with van der Waals surface area (Å²) < 4.78 is 64.2. The highest BCUT2D eigenvalue weighted by Crippen LogP contribution is 2.39. The lowest BCUT2D eigenvalue weighted by molar-refractivity contribution is 0.0520. The summed E-state index contributed by atoms with van der Waals surface area (Å²) in [5, 5.41) is 0.297. The average molecular weight is 502 g/mol. The molecule has 11 heteroatoms. The molecule has 2 aromatic carbocycles. The van der Waals surface area contributed by atoms with Crippen LogP contribution in [0.25, 0.3) is 22.0 Å². The standard InChI is InChI=1S/C24H20F2N2O6S/c1-4-33-24(30)19-11-16-17(12-28(2)23(29)22(16)27-19)15-10-14(35(3,31)32)6-8-20(15)34-21-7-5-13(25)9-18(21)26/h5-12,27H,4H2,1-3H3. The number of nitrogens with one attached hydrogen (secondary N) is 1. The number of hydrogen-bond donors (Lipinski definition) is 1. The molecule has 0 bridgehead atoms. The Balaban J connectivity index is 2.00. The summed E-state index contributed by atoms with van der Waals surface area (Å²) in [5.41, 5.74) is 0.198. The number of aryl methyl sites for hydroxylation is 1. The summed E-state index contributed by atoms with van der Waals surface area (Å²) >= 11 is 0. The normalized spacial score (nSPS) is 11.6. The Labute approximate surface area is 198 Å². The van der Waals surface area contributed by atoms with Gasteiger partial charge >= 0.3 is 5.97 Å². The lowest BCUT2D eigenvalue weighted by Gasteiger charge is -2.15. The van der Waals surface area contributed by atoms with Gasteiger partial charge in [0.05, 0.1) is 11.5 Å². The van der Waals surface area contributed by atoms with Crippen LogP contribution in [-0.2, 0) is 21.6 Å². The number of hydrogen-bond acceptors (Lipinski definition) is 6. The number of aromatic amines is 1. The number of halogens is 2. The molecule has 35 heavy (non-hydrogen) atoms.